The smallest absolute Gasteiger partial charge is 0.0366 e. The van der Waals surface area contributed by atoms with Crippen LogP contribution in [0.2, 0.25) is 0 Å². The predicted octanol–water partition coefficient (Wildman–Crippen LogP) is 4.86. The van der Waals surface area contributed by atoms with Gasteiger partial charge in [0.15, 0.2) is 0 Å². The lowest BCUT2D eigenvalue weighted by molar-refractivity contribution is 0.590. The highest BCUT2D eigenvalue weighted by Crippen LogP contribution is 2.24. The second-order valence-corrected chi connectivity index (χ2v) is 4.97. The molecular weight excluding hydrogens is 206 g/mol. The molecule has 0 atom stereocenters. The molecule has 1 nitrogen and oxygen atoms in total. The molecular formula is C16H29N. The van der Waals surface area contributed by atoms with Gasteiger partial charge in [0.25, 0.3) is 0 Å². The van der Waals surface area contributed by atoms with Crippen LogP contribution in [0.1, 0.15) is 54.0 Å². The van der Waals surface area contributed by atoms with Crippen molar-refractivity contribution in [1.29, 1.82) is 0 Å². The quantitative estimate of drug-likeness (QED) is 0.723. The lowest BCUT2D eigenvalue weighted by atomic mass is 9.87. The van der Waals surface area contributed by atoms with Crippen LogP contribution >= 0.6 is 0 Å². The molecule has 0 fully saturated rings. The monoisotopic (exact) mass is 235 g/mol. The summed E-state index contributed by atoms with van der Waals surface area (Å²) in [5.41, 5.74) is 2.98. The molecule has 0 aliphatic rings. The zero-order valence-corrected chi connectivity index (χ0v) is 12.7. The van der Waals surface area contributed by atoms with Crippen molar-refractivity contribution >= 4 is 5.69 Å². The van der Waals surface area contributed by atoms with Gasteiger partial charge in [-0.2, -0.15) is 0 Å². The van der Waals surface area contributed by atoms with E-state index in [1.165, 1.54) is 11.3 Å². The van der Waals surface area contributed by atoms with Gasteiger partial charge in [0.05, 0.1) is 0 Å². The molecule has 0 saturated heterocycles. The van der Waals surface area contributed by atoms with Crippen molar-refractivity contribution in [1.82, 2.24) is 0 Å². The Morgan fingerprint density at radius 1 is 0.882 bits per heavy atom. The van der Waals surface area contributed by atoms with Gasteiger partial charge in [-0.05, 0) is 37.0 Å². The third-order valence-electron chi connectivity index (χ3n) is 2.86. The van der Waals surface area contributed by atoms with Crippen LogP contribution in [0, 0.1) is 0 Å². The minimum absolute atomic E-state index is 0.252. The van der Waals surface area contributed by atoms with E-state index in [9.17, 15) is 0 Å². The molecule has 17 heavy (non-hydrogen) atoms. The summed E-state index contributed by atoms with van der Waals surface area (Å²) >= 11 is 0. The molecule has 0 saturated carbocycles. The van der Waals surface area contributed by atoms with Crippen LogP contribution in [-0.2, 0) is 5.41 Å². The zero-order valence-electron chi connectivity index (χ0n) is 12.7. The van der Waals surface area contributed by atoms with Crippen LogP contribution in [0.3, 0.4) is 0 Å². The number of hydrogen-bond donors (Lipinski definition) is 0. The molecule has 98 valence electrons. The van der Waals surface area contributed by atoms with Gasteiger partial charge in [-0.3, -0.25) is 0 Å². The van der Waals surface area contributed by atoms with Gasteiger partial charge < -0.3 is 4.90 Å². The Morgan fingerprint density at radius 2 is 1.29 bits per heavy atom. The van der Waals surface area contributed by atoms with Crippen LogP contribution in [0.15, 0.2) is 24.3 Å². The van der Waals surface area contributed by atoms with Crippen LogP contribution in [0.25, 0.3) is 0 Å². The maximum Gasteiger partial charge on any atom is 0.0366 e. The molecule has 1 heteroatoms. The fraction of sp³-hybridized carbons (Fsp3) is 0.625. The minimum Gasteiger partial charge on any atom is -0.372 e. The zero-order chi connectivity index (χ0) is 13.5. The first-order chi connectivity index (χ1) is 7.99. The molecule has 0 aromatic heterocycles. The van der Waals surface area contributed by atoms with Gasteiger partial charge in [0.1, 0.15) is 0 Å². The number of rotatable bonds is 3. The third-order valence-corrected chi connectivity index (χ3v) is 2.86. The maximum absolute atomic E-state index is 2.37. The fourth-order valence-electron chi connectivity index (χ4n) is 1.76. The topological polar surface area (TPSA) is 3.24 Å². The lowest BCUT2D eigenvalue weighted by Crippen LogP contribution is -2.22. The van der Waals surface area contributed by atoms with Crippen molar-refractivity contribution in [2.45, 2.75) is 53.9 Å². The summed E-state index contributed by atoms with van der Waals surface area (Å²) in [5.74, 6) is 0. The van der Waals surface area contributed by atoms with Gasteiger partial charge in [-0.1, -0.05) is 46.8 Å². The highest BCUT2D eigenvalue weighted by atomic mass is 15.1. The standard InChI is InChI=1S/C14H23N.C2H6/c1-6-15(7-2)13-10-8-12(9-11-13)14(3,4)5;1-2/h8-11H,6-7H2,1-5H3;1-2H3. The largest absolute Gasteiger partial charge is 0.372 e. The molecule has 0 unspecified atom stereocenters. The SMILES string of the molecule is CC.CCN(CC)c1ccc(C(C)(C)C)cc1. The summed E-state index contributed by atoms with van der Waals surface area (Å²) < 4.78 is 0. The summed E-state index contributed by atoms with van der Waals surface area (Å²) in [6, 6.07) is 8.95. The average Bonchev–Trinajstić information content (AvgIpc) is 2.33. The molecule has 1 rings (SSSR count). The Balaban J connectivity index is 0.00000121. The van der Waals surface area contributed by atoms with Gasteiger partial charge >= 0.3 is 0 Å². The highest BCUT2D eigenvalue weighted by molar-refractivity contribution is 5.48. The van der Waals surface area contributed by atoms with Gasteiger partial charge in [0, 0.05) is 18.8 Å². The fourth-order valence-corrected chi connectivity index (χ4v) is 1.76. The normalized spacial score (nSPS) is 10.5. The first-order valence-corrected chi connectivity index (χ1v) is 6.84. The molecule has 1 aromatic carbocycles. The van der Waals surface area contributed by atoms with E-state index >= 15 is 0 Å². The third kappa shape index (κ3) is 4.80. The molecule has 0 N–H and O–H groups in total. The van der Waals surface area contributed by atoms with Crippen molar-refractivity contribution in [3.8, 4) is 0 Å². The second kappa shape index (κ2) is 7.37. The van der Waals surface area contributed by atoms with E-state index in [2.05, 4.69) is 63.8 Å². The van der Waals surface area contributed by atoms with Crippen LogP contribution < -0.4 is 4.90 Å². The van der Waals surface area contributed by atoms with Crippen molar-refractivity contribution in [3.05, 3.63) is 29.8 Å². The molecule has 0 amide bonds. The summed E-state index contributed by atoms with van der Waals surface area (Å²) in [7, 11) is 0. The Kier molecular flexibility index (Phi) is 6.94. The van der Waals surface area contributed by atoms with E-state index < -0.39 is 0 Å². The molecule has 0 heterocycles. The molecule has 0 spiro atoms. The molecule has 0 radical (unpaired) electrons. The molecule has 0 aliphatic carbocycles. The van der Waals surface area contributed by atoms with E-state index in [-0.39, 0.29) is 5.41 Å². The van der Waals surface area contributed by atoms with E-state index in [0.29, 0.717) is 0 Å². The lowest BCUT2D eigenvalue weighted by Gasteiger charge is -2.23. The van der Waals surface area contributed by atoms with Crippen molar-refractivity contribution in [3.63, 3.8) is 0 Å². The molecule has 0 bridgehead atoms. The van der Waals surface area contributed by atoms with Gasteiger partial charge in [0.2, 0.25) is 0 Å². The summed E-state index contributed by atoms with van der Waals surface area (Å²) in [6.07, 6.45) is 0. The van der Waals surface area contributed by atoms with Crippen LogP contribution in [0.5, 0.6) is 0 Å². The van der Waals surface area contributed by atoms with Gasteiger partial charge in [-0.25, -0.2) is 0 Å². The Hall–Kier alpha value is -0.980. The van der Waals surface area contributed by atoms with Crippen LogP contribution in [-0.4, -0.2) is 13.1 Å². The van der Waals surface area contributed by atoms with E-state index in [4.69, 9.17) is 0 Å². The minimum atomic E-state index is 0.252. The number of anilines is 1. The average molecular weight is 235 g/mol. The van der Waals surface area contributed by atoms with Gasteiger partial charge in [-0.15, -0.1) is 0 Å². The molecule has 1 aromatic rings. The van der Waals surface area contributed by atoms with Crippen molar-refractivity contribution < 1.29 is 0 Å². The Bertz CT molecular complexity index is 288. The Morgan fingerprint density at radius 3 is 1.59 bits per heavy atom. The summed E-state index contributed by atoms with van der Waals surface area (Å²) in [6.45, 7) is 17.3. The predicted molar refractivity (Wildman–Crippen MR) is 80.1 cm³/mol. The first kappa shape index (κ1) is 16.0. The maximum atomic E-state index is 2.37. The van der Waals surface area contributed by atoms with Crippen LogP contribution in [0.4, 0.5) is 5.69 Å². The second-order valence-electron chi connectivity index (χ2n) is 4.97. The van der Waals surface area contributed by atoms with E-state index in [1.807, 2.05) is 13.8 Å². The van der Waals surface area contributed by atoms with Crippen molar-refractivity contribution in [2.24, 2.45) is 0 Å². The first-order valence-electron chi connectivity index (χ1n) is 6.84. The number of hydrogen-bond acceptors (Lipinski definition) is 1. The number of benzene rings is 1. The van der Waals surface area contributed by atoms with E-state index in [1.54, 1.807) is 0 Å². The molecule has 0 aliphatic heterocycles. The Labute approximate surface area is 108 Å². The van der Waals surface area contributed by atoms with E-state index in [0.717, 1.165) is 13.1 Å². The summed E-state index contributed by atoms with van der Waals surface area (Å²) in [4.78, 5) is 2.37. The summed E-state index contributed by atoms with van der Waals surface area (Å²) in [5, 5.41) is 0. The highest BCUT2D eigenvalue weighted by Gasteiger charge is 2.13. The van der Waals surface area contributed by atoms with Crippen molar-refractivity contribution in [2.75, 3.05) is 18.0 Å². The number of nitrogens with zero attached hydrogens (tertiary/aromatic N) is 1.